The summed E-state index contributed by atoms with van der Waals surface area (Å²) in [6, 6.07) is -1.44. The second-order valence-corrected chi connectivity index (χ2v) is 3.63. The Morgan fingerprint density at radius 3 is 2.33 bits per heavy atom. The minimum atomic E-state index is -3.10. The van der Waals surface area contributed by atoms with Gasteiger partial charge in [0.2, 0.25) is 0 Å². The highest BCUT2D eigenvalue weighted by Gasteiger charge is 2.28. The van der Waals surface area contributed by atoms with Crippen molar-refractivity contribution in [1.82, 2.24) is 0 Å². The maximum Gasteiger partial charge on any atom is 0.257 e. The van der Waals surface area contributed by atoms with Gasteiger partial charge in [0.25, 0.3) is 6.43 Å². The van der Waals surface area contributed by atoms with E-state index in [9.17, 15) is 22.7 Å². The van der Waals surface area contributed by atoms with E-state index in [0.717, 1.165) is 0 Å². The molecule has 0 bridgehead atoms. The minimum Gasteiger partial charge on any atom is -0.506 e. The monoisotopic (exact) mass is 287 g/mol. The summed E-state index contributed by atoms with van der Waals surface area (Å²) in [5.41, 5.74) is 4.01. The van der Waals surface area contributed by atoms with Crippen molar-refractivity contribution in [2.24, 2.45) is 5.73 Å². The molecular weight excluding hydrogens is 282 g/mol. The van der Waals surface area contributed by atoms with Gasteiger partial charge in [-0.25, -0.2) is 17.6 Å². The summed E-state index contributed by atoms with van der Waals surface area (Å²) in [6.07, 6.45) is -3.10. The topological polar surface area (TPSA) is 46.2 Å². The SMILES string of the molecule is N[C@H](c1c(O)c(Br)cc(F)c1F)C(F)F. The van der Waals surface area contributed by atoms with E-state index < -0.39 is 35.4 Å². The molecule has 84 valence electrons. The lowest BCUT2D eigenvalue weighted by Gasteiger charge is -2.14. The van der Waals surface area contributed by atoms with Crippen LogP contribution in [0.5, 0.6) is 5.75 Å². The van der Waals surface area contributed by atoms with Crippen LogP contribution in [-0.4, -0.2) is 11.5 Å². The molecule has 0 spiro atoms. The fraction of sp³-hybridized carbons (Fsp3) is 0.250. The van der Waals surface area contributed by atoms with Gasteiger partial charge in [0.05, 0.1) is 16.1 Å². The Bertz CT molecular complexity index is 359. The summed E-state index contributed by atoms with van der Waals surface area (Å²) in [4.78, 5) is 0. The van der Waals surface area contributed by atoms with Gasteiger partial charge in [-0.2, -0.15) is 0 Å². The molecule has 15 heavy (non-hydrogen) atoms. The number of aromatic hydroxyl groups is 1. The van der Waals surface area contributed by atoms with Crippen molar-refractivity contribution in [3.8, 4) is 5.75 Å². The molecule has 0 saturated carbocycles. The molecule has 0 aromatic heterocycles. The van der Waals surface area contributed by atoms with Crippen LogP contribution in [0, 0.1) is 11.6 Å². The fourth-order valence-electron chi connectivity index (χ4n) is 1.03. The van der Waals surface area contributed by atoms with E-state index in [1.807, 2.05) is 0 Å². The molecule has 7 heteroatoms. The Morgan fingerprint density at radius 1 is 1.33 bits per heavy atom. The van der Waals surface area contributed by atoms with E-state index in [0.29, 0.717) is 6.07 Å². The molecule has 0 aliphatic rings. The van der Waals surface area contributed by atoms with E-state index in [1.165, 1.54) is 0 Å². The van der Waals surface area contributed by atoms with Crippen molar-refractivity contribution in [2.75, 3.05) is 0 Å². The average molecular weight is 288 g/mol. The second kappa shape index (κ2) is 4.36. The molecule has 0 heterocycles. The van der Waals surface area contributed by atoms with Gasteiger partial charge in [-0.3, -0.25) is 0 Å². The summed E-state index contributed by atoms with van der Waals surface area (Å²) in [6.45, 7) is 0. The maximum atomic E-state index is 13.1. The number of alkyl halides is 2. The Labute approximate surface area is 90.8 Å². The molecule has 0 saturated heterocycles. The van der Waals surface area contributed by atoms with Crippen molar-refractivity contribution >= 4 is 15.9 Å². The number of nitrogens with two attached hydrogens (primary N) is 1. The number of benzene rings is 1. The largest absolute Gasteiger partial charge is 0.506 e. The van der Waals surface area contributed by atoms with Crippen molar-refractivity contribution in [3.63, 3.8) is 0 Å². The van der Waals surface area contributed by atoms with Gasteiger partial charge in [-0.15, -0.1) is 0 Å². The predicted octanol–water partition coefficient (Wildman–Crippen LogP) is 2.70. The van der Waals surface area contributed by atoms with Gasteiger partial charge in [-0.05, 0) is 22.0 Å². The van der Waals surface area contributed by atoms with Crippen molar-refractivity contribution < 1.29 is 22.7 Å². The highest BCUT2D eigenvalue weighted by molar-refractivity contribution is 9.10. The van der Waals surface area contributed by atoms with Crippen LogP contribution in [0.25, 0.3) is 0 Å². The van der Waals surface area contributed by atoms with Crippen molar-refractivity contribution in [3.05, 3.63) is 27.7 Å². The zero-order valence-electron chi connectivity index (χ0n) is 7.15. The Balaban J connectivity index is 3.39. The van der Waals surface area contributed by atoms with Crippen LogP contribution in [0.4, 0.5) is 17.6 Å². The third kappa shape index (κ3) is 2.23. The summed E-state index contributed by atoms with van der Waals surface area (Å²) >= 11 is 2.69. The molecule has 0 amide bonds. The quantitative estimate of drug-likeness (QED) is 0.649. The van der Waals surface area contributed by atoms with E-state index in [2.05, 4.69) is 15.9 Å². The minimum absolute atomic E-state index is 0.229. The van der Waals surface area contributed by atoms with Gasteiger partial charge in [0, 0.05) is 0 Å². The third-order valence-electron chi connectivity index (χ3n) is 1.79. The molecule has 2 nitrogen and oxygen atoms in total. The van der Waals surface area contributed by atoms with E-state index in [-0.39, 0.29) is 4.47 Å². The molecule has 3 N–H and O–H groups in total. The molecule has 0 aliphatic carbocycles. The predicted molar refractivity (Wildman–Crippen MR) is 48.7 cm³/mol. The summed E-state index contributed by atoms with van der Waals surface area (Å²) in [7, 11) is 0. The van der Waals surface area contributed by atoms with Crippen LogP contribution in [-0.2, 0) is 0 Å². The first-order valence-electron chi connectivity index (χ1n) is 3.76. The number of hydrogen-bond acceptors (Lipinski definition) is 2. The van der Waals surface area contributed by atoms with E-state index in [1.54, 1.807) is 0 Å². The highest BCUT2D eigenvalue weighted by atomic mass is 79.9. The summed E-state index contributed by atoms with van der Waals surface area (Å²) in [5.74, 6) is -3.74. The van der Waals surface area contributed by atoms with E-state index in [4.69, 9.17) is 5.73 Å². The van der Waals surface area contributed by atoms with Gasteiger partial charge >= 0.3 is 0 Å². The molecule has 0 unspecified atom stereocenters. The first-order chi connectivity index (χ1) is 6.86. The first kappa shape index (κ1) is 12.3. The van der Waals surface area contributed by atoms with Gasteiger partial charge in [0.1, 0.15) is 5.75 Å². The van der Waals surface area contributed by atoms with Crippen LogP contribution in [0.15, 0.2) is 10.5 Å². The number of rotatable bonds is 2. The Morgan fingerprint density at radius 2 is 1.87 bits per heavy atom. The van der Waals surface area contributed by atoms with Crippen molar-refractivity contribution in [2.45, 2.75) is 12.5 Å². The molecule has 1 aromatic rings. The normalized spacial score (nSPS) is 13.3. The molecule has 0 aliphatic heterocycles. The third-order valence-corrected chi connectivity index (χ3v) is 2.39. The van der Waals surface area contributed by atoms with Gasteiger partial charge in [0.15, 0.2) is 11.6 Å². The molecule has 0 fully saturated rings. The van der Waals surface area contributed by atoms with Crippen LogP contribution >= 0.6 is 15.9 Å². The van der Waals surface area contributed by atoms with Crippen LogP contribution in [0.3, 0.4) is 0 Å². The zero-order chi connectivity index (χ0) is 11.7. The summed E-state index contributed by atoms with van der Waals surface area (Å²) in [5, 5.41) is 9.26. The first-order valence-corrected chi connectivity index (χ1v) is 4.55. The summed E-state index contributed by atoms with van der Waals surface area (Å²) < 4.78 is 50.1. The van der Waals surface area contributed by atoms with E-state index >= 15 is 0 Å². The Kier molecular flexibility index (Phi) is 3.56. The van der Waals surface area contributed by atoms with Crippen LogP contribution < -0.4 is 5.73 Å². The molecule has 0 radical (unpaired) electrons. The number of phenols is 1. The average Bonchev–Trinajstić information content (AvgIpc) is 2.15. The van der Waals surface area contributed by atoms with Gasteiger partial charge < -0.3 is 10.8 Å². The van der Waals surface area contributed by atoms with Gasteiger partial charge in [-0.1, -0.05) is 0 Å². The van der Waals surface area contributed by atoms with Crippen LogP contribution in [0.2, 0.25) is 0 Å². The second-order valence-electron chi connectivity index (χ2n) is 2.78. The fourth-order valence-corrected chi connectivity index (χ4v) is 1.45. The lowest BCUT2D eigenvalue weighted by molar-refractivity contribution is 0.113. The van der Waals surface area contributed by atoms with Crippen LogP contribution in [0.1, 0.15) is 11.6 Å². The lowest BCUT2D eigenvalue weighted by Crippen LogP contribution is -2.21. The molecular formula is C8H6BrF4NO. The zero-order valence-corrected chi connectivity index (χ0v) is 8.73. The number of halogens is 5. The standard InChI is InChI=1S/C8H6BrF4NO/c9-2-1-3(10)5(11)4(7(2)15)6(14)8(12)13/h1,6,8,15H,14H2/t6-/m1/s1. The number of phenolic OH excluding ortho intramolecular Hbond substituents is 1. The van der Waals surface area contributed by atoms with Crippen molar-refractivity contribution in [1.29, 1.82) is 0 Å². The molecule has 1 rings (SSSR count). The smallest absolute Gasteiger partial charge is 0.257 e. The lowest BCUT2D eigenvalue weighted by atomic mass is 10.1. The Hall–Kier alpha value is -0.820. The highest BCUT2D eigenvalue weighted by Crippen LogP contribution is 2.36. The molecule has 1 atom stereocenters. The molecule has 1 aromatic carbocycles. The number of hydrogen-bond donors (Lipinski definition) is 2. The maximum absolute atomic E-state index is 13.1.